The number of aromatic nitrogens is 4. The van der Waals surface area contributed by atoms with Gasteiger partial charge in [-0.05, 0) is 43.7 Å². The molecule has 0 radical (unpaired) electrons. The minimum absolute atomic E-state index is 0.116. The topological polar surface area (TPSA) is 75.2 Å². The van der Waals surface area contributed by atoms with Crippen LogP contribution in [-0.2, 0) is 6.54 Å². The molecule has 8 heteroatoms. The third-order valence-electron chi connectivity index (χ3n) is 5.96. The number of imidazole rings is 1. The molecule has 1 saturated heterocycles. The molecule has 1 fully saturated rings. The maximum Gasteiger partial charge on any atom is 0.270 e. The van der Waals surface area contributed by atoms with Crippen molar-refractivity contribution in [2.45, 2.75) is 20.4 Å². The van der Waals surface area contributed by atoms with Crippen LogP contribution in [0.5, 0.6) is 0 Å². The Labute approximate surface area is 179 Å². The Morgan fingerprint density at radius 3 is 2.61 bits per heavy atom. The molecular weight excluding hydrogens is 392 g/mol. The molecule has 4 aromatic rings. The fourth-order valence-corrected chi connectivity index (χ4v) is 4.17. The molecule has 0 spiro atoms. The van der Waals surface area contributed by atoms with Crippen molar-refractivity contribution in [2.75, 3.05) is 26.2 Å². The lowest BCUT2D eigenvalue weighted by molar-refractivity contribution is 0.0624. The van der Waals surface area contributed by atoms with E-state index in [9.17, 15) is 9.59 Å². The van der Waals surface area contributed by atoms with E-state index < -0.39 is 0 Å². The highest BCUT2D eigenvalue weighted by atomic mass is 16.2. The fourth-order valence-electron chi connectivity index (χ4n) is 4.17. The van der Waals surface area contributed by atoms with E-state index in [0.29, 0.717) is 18.7 Å². The van der Waals surface area contributed by atoms with Crippen molar-refractivity contribution in [3.05, 3.63) is 81.8 Å². The van der Waals surface area contributed by atoms with Gasteiger partial charge in [-0.25, -0.2) is 9.97 Å². The van der Waals surface area contributed by atoms with Gasteiger partial charge in [0, 0.05) is 51.3 Å². The Morgan fingerprint density at radius 2 is 1.81 bits per heavy atom. The normalized spacial score (nSPS) is 15.1. The van der Waals surface area contributed by atoms with Gasteiger partial charge in [-0.1, -0.05) is 6.07 Å². The summed E-state index contributed by atoms with van der Waals surface area (Å²) in [5.74, 6) is -0.253. The number of hydrogen-bond donors (Lipinski definition) is 0. The van der Waals surface area contributed by atoms with E-state index in [4.69, 9.17) is 0 Å². The van der Waals surface area contributed by atoms with E-state index in [0.717, 1.165) is 31.0 Å². The van der Waals surface area contributed by atoms with Crippen LogP contribution in [0, 0.1) is 13.8 Å². The molecule has 0 atom stereocenters. The van der Waals surface area contributed by atoms with Crippen LogP contribution in [0.3, 0.4) is 0 Å². The van der Waals surface area contributed by atoms with Gasteiger partial charge in [0.05, 0.1) is 11.4 Å². The van der Waals surface area contributed by atoms with E-state index in [2.05, 4.69) is 44.5 Å². The van der Waals surface area contributed by atoms with Gasteiger partial charge in [0.15, 0.2) is 0 Å². The molecule has 0 unspecified atom stereocenters. The van der Waals surface area contributed by atoms with E-state index in [1.165, 1.54) is 21.9 Å². The lowest BCUT2D eigenvalue weighted by atomic mass is 10.2. The summed E-state index contributed by atoms with van der Waals surface area (Å²) >= 11 is 0. The first-order valence-electron chi connectivity index (χ1n) is 10.4. The number of carbonyl (C=O) groups excluding carboxylic acids is 1. The summed E-state index contributed by atoms with van der Waals surface area (Å²) in [6.07, 6.45) is 5.11. The maximum atomic E-state index is 13.0. The highest BCUT2D eigenvalue weighted by molar-refractivity contribution is 5.93. The Kier molecular flexibility index (Phi) is 4.78. The first-order chi connectivity index (χ1) is 15.0. The van der Waals surface area contributed by atoms with E-state index in [-0.39, 0.29) is 17.0 Å². The molecule has 0 aromatic carbocycles. The van der Waals surface area contributed by atoms with E-state index in [1.54, 1.807) is 23.2 Å². The Morgan fingerprint density at radius 1 is 1.00 bits per heavy atom. The van der Waals surface area contributed by atoms with Crippen molar-refractivity contribution >= 4 is 17.2 Å². The molecule has 0 saturated carbocycles. The Balaban J connectivity index is 1.30. The summed E-state index contributed by atoms with van der Waals surface area (Å²) in [7, 11) is 0. The summed E-state index contributed by atoms with van der Waals surface area (Å²) in [6.45, 7) is 7.52. The second-order valence-corrected chi connectivity index (χ2v) is 8.05. The third-order valence-corrected chi connectivity index (χ3v) is 5.96. The zero-order valence-corrected chi connectivity index (χ0v) is 17.7. The minimum Gasteiger partial charge on any atom is -0.336 e. The molecule has 0 N–H and O–H groups in total. The molecule has 1 aliphatic rings. The minimum atomic E-state index is -0.324. The number of hydrogen-bond acceptors (Lipinski definition) is 5. The predicted molar refractivity (Wildman–Crippen MR) is 117 cm³/mol. The van der Waals surface area contributed by atoms with Crippen molar-refractivity contribution in [3.63, 3.8) is 0 Å². The number of fused-ring (bicyclic) bond motifs is 2. The lowest BCUT2D eigenvalue weighted by Crippen LogP contribution is -2.49. The van der Waals surface area contributed by atoms with Crippen molar-refractivity contribution in [2.24, 2.45) is 0 Å². The van der Waals surface area contributed by atoms with Crippen molar-refractivity contribution in [1.82, 2.24) is 28.6 Å². The number of nitrogens with zero attached hydrogens (tertiary/aromatic N) is 6. The summed E-state index contributed by atoms with van der Waals surface area (Å²) in [5.41, 5.74) is 4.68. The zero-order valence-electron chi connectivity index (χ0n) is 17.7. The van der Waals surface area contributed by atoms with Gasteiger partial charge in [0.1, 0.15) is 16.9 Å². The Bertz CT molecular complexity index is 1350. The average molecular weight is 416 g/mol. The smallest absolute Gasteiger partial charge is 0.270 e. The van der Waals surface area contributed by atoms with Crippen LogP contribution < -0.4 is 5.56 Å². The molecule has 1 amide bonds. The molecule has 0 aliphatic carbocycles. The van der Waals surface area contributed by atoms with Gasteiger partial charge in [0.2, 0.25) is 0 Å². The quantitative estimate of drug-likeness (QED) is 0.510. The second-order valence-electron chi connectivity index (χ2n) is 8.05. The van der Waals surface area contributed by atoms with Gasteiger partial charge in [0.25, 0.3) is 11.5 Å². The second kappa shape index (κ2) is 7.63. The van der Waals surface area contributed by atoms with Crippen LogP contribution in [0.15, 0.2) is 53.7 Å². The number of pyridine rings is 2. The third kappa shape index (κ3) is 3.48. The predicted octanol–water partition coefficient (Wildman–Crippen LogP) is 1.92. The van der Waals surface area contributed by atoms with Gasteiger partial charge < -0.3 is 9.30 Å². The molecule has 0 bridgehead atoms. The maximum absolute atomic E-state index is 13.0. The highest BCUT2D eigenvalue weighted by Crippen LogP contribution is 2.17. The van der Waals surface area contributed by atoms with Crippen molar-refractivity contribution in [1.29, 1.82) is 0 Å². The first-order valence-corrected chi connectivity index (χ1v) is 10.4. The summed E-state index contributed by atoms with van der Waals surface area (Å²) in [4.78, 5) is 38.7. The van der Waals surface area contributed by atoms with Crippen LogP contribution in [0.4, 0.5) is 0 Å². The average Bonchev–Trinajstić information content (AvgIpc) is 3.08. The van der Waals surface area contributed by atoms with Gasteiger partial charge >= 0.3 is 0 Å². The summed E-state index contributed by atoms with van der Waals surface area (Å²) < 4.78 is 3.56. The molecular formula is C23H24N6O2. The van der Waals surface area contributed by atoms with Crippen LogP contribution in [0.1, 0.15) is 27.3 Å². The Hall–Kier alpha value is -3.52. The molecule has 5 rings (SSSR count). The highest BCUT2D eigenvalue weighted by Gasteiger charge is 2.25. The van der Waals surface area contributed by atoms with Crippen LogP contribution in [0.25, 0.3) is 11.3 Å². The van der Waals surface area contributed by atoms with Crippen LogP contribution >= 0.6 is 0 Å². The molecule has 1 aliphatic heterocycles. The number of amides is 1. The molecule has 31 heavy (non-hydrogen) atoms. The monoisotopic (exact) mass is 416 g/mol. The van der Waals surface area contributed by atoms with Crippen molar-refractivity contribution in [3.8, 4) is 0 Å². The SMILES string of the molecule is Cc1ccn2c(CN3CCN(C(=O)c4cnc5ccccn5c4=O)CC3)c(C)nc2c1. The standard InChI is InChI=1S/C23H24N6O2/c1-16-6-8-28-19(17(2)25-21(28)13-16)15-26-9-11-27(12-10-26)22(30)18-14-24-20-5-3-4-7-29(20)23(18)31/h3-8,13-14H,9-12,15H2,1-2H3. The molecule has 4 aromatic heterocycles. The van der Waals surface area contributed by atoms with Gasteiger partial charge in [-0.15, -0.1) is 0 Å². The van der Waals surface area contributed by atoms with Crippen LogP contribution in [-0.4, -0.2) is 60.7 Å². The first kappa shape index (κ1) is 19.4. The number of piperazine rings is 1. The molecule has 8 nitrogen and oxygen atoms in total. The number of rotatable bonds is 3. The fraction of sp³-hybridized carbons (Fsp3) is 0.304. The molecule has 5 heterocycles. The number of carbonyl (C=O) groups is 1. The van der Waals surface area contributed by atoms with Gasteiger partial charge in [-0.3, -0.25) is 18.9 Å². The number of aryl methyl sites for hydroxylation is 2. The van der Waals surface area contributed by atoms with Gasteiger partial charge in [-0.2, -0.15) is 0 Å². The summed E-state index contributed by atoms with van der Waals surface area (Å²) in [5, 5.41) is 0. The molecule has 158 valence electrons. The van der Waals surface area contributed by atoms with Crippen molar-refractivity contribution < 1.29 is 4.79 Å². The zero-order chi connectivity index (χ0) is 21.5. The van der Waals surface area contributed by atoms with E-state index in [1.807, 2.05) is 13.0 Å². The largest absolute Gasteiger partial charge is 0.336 e. The lowest BCUT2D eigenvalue weighted by Gasteiger charge is -2.34. The van der Waals surface area contributed by atoms with E-state index >= 15 is 0 Å². The van der Waals surface area contributed by atoms with Crippen LogP contribution in [0.2, 0.25) is 0 Å². The summed E-state index contributed by atoms with van der Waals surface area (Å²) in [6, 6.07) is 9.49.